The van der Waals surface area contributed by atoms with E-state index in [-0.39, 0.29) is 5.69 Å². The zero-order chi connectivity index (χ0) is 17.3. The second-order valence-electron chi connectivity index (χ2n) is 5.65. The zero-order valence-electron chi connectivity index (χ0n) is 12.7. The number of pyridine rings is 1. The molecule has 9 heteroatoms. The van der Waals surface area contributed by atoms with Crippen molar-refractivity contribution >= 4 is 11.8 Å². The smallest absolute Gasteiger partial charge is 0.435 e. The van der Waals surface area contributed by atoms with Crippen LogP contribution in [0.5, 0.6) is 0 Å². The Kier molecular flexibility index (Phi) is 4.31. The Bertz CT molecular complexity index is 690. The minimum atomic E-state index is -4.72. The summed E-state index contributed by atoms with van der Waals surface area (Å²) < 4.78 is 45.7. The van der Waals surface area contributed by atoms with Gasteiger partial charge in [-0.25, -0.2) is 9.48 Å². The molecule has 2 heterocycles. The summed E-state index contributed by atoms with van der Waals surface area (Å²) in [5, 5.41) is 5.78. The largest absolute Gasteiger partial charge is 0.444 e. The number of alkyl halides is 3. The van der Waals surface area contributed by atoms with Gasteiger partial charge in [0.15, 0.2) is 5.69 Å². The first-order chi connectivity index (χ1) is 10.6. The van der Waals surface area contributed by atoms with E-state index in [4.69, 9.17) is 4.74 Å². The second kappa shape index (κ2) is 5.90. The molecule has 6 nitrogen and oxygen atoms in total. The molecular weight excluding hydrogens is 313 g/mol. The van der Waals surface area contributed by atoms with Crippen LogP contribution in [0, 0.1) is 0 Å². The number of rotatable bonds is 2. The van der Waals surface area contributed by atoms with Crippen molar-refractivity contribution in [2.45, 2.75) is 32.5 Å². The van der Waals surface area contributed by atoms with Crippen molar-refractivity contribution in [1.82, 2.24) is 14.8 Å². The van der Waals surface area contributed by atoms with E-state index in [0.29, 0.717) is 4.68 Å². The van der Waals surface area contributed by atoms with Crippen LogP contribution in [0.15, 0.2) is 30.7 Å². The van der Waals surface area contributed by atoms with Crippen LogP contribution in [0.25, 0.3) is 5.69 Å². The quantitative estimate of drug-likeness (QED) is 0.914. The molecule has 0 saturated carbocycles. The maximum absolute atomic E-state index is 13.3. The molecule has 0 spiro atoms. The van der Waals surface area contributed by atoms with Gasteiger partial charge in [-0.1, -0.05) is 0 Å². The average Bonchev–Trinajstić information content (AvgIpc) is 2.81. The molecule has 0 aliphatic carbocycles. The number of nitrogens with one attached hydrogen (secondary N) is 1. The average molecular weight is 328 g/mol. The fourth-order valence-corrected chi connectivity index (χ4v) is 1.81. The molecule has 1 N–H and O–H groups in total. The molecule has 0 saturated heterocycles. The molecule has 0 aromatic carbocycles. The highest BCUT2D eigenvalue weighted by Gasteiger charge is 2.39. The van der Waals surface area contributed by atoms with Crippen LogP contribution in [-0.2, 0) is 10.9 Å². The lowest BCUT2D eigenvalue weighted by Gasteiger charge is -2.20. The second-order valence-corrected chi connectivity index (χ2v) is 5.65. The summed E-state index contributed by atoms with van der Waals surface area (Å²) in [5.74, 6) is 0. The van der Waals surface area contributed by atoms with Gasteiger partial charge in [0.25, 0.3) is 0 Å². The van der Waals surface area contributed by atoms with Gasteiger partial charge in [-0.05, 0) is 32.9 Å². The standard InChI is InChI=1S/C14H15F3N4O2/c1-13(2,3)23-12(22)20-10-8-19-21(11(10)14(15,16)17)9-4-6-18-7-5-9/h4-8H,1-3H3,(H,20,22). The van der Waals surface area contributed by atoms with Gasteiger partial charge in [0.05, 0.1) is 17.6 Å². The molecule has 0 unspecified atom stereocenters. The lowest BCUT2D eigenvalue weighted by Crippen LogP contribution is -2.28. The Morgan fingerprint density at radius 3 is 2.35 bits per heavy atom. The van der Waals surface area contributed by atoms with Crippen LogP contribution in [0.4, 0.5) is 23.7 Å². The van der Waals surface area contributed by atoms with E-state index < -0.39 is 29.3 Å². The van der Waals surface area contributed by atoms with Crippen LogP contribution in [0.1, 0.15) is 26.5 Å². The van der Waals surface area contributed by atoms with E-state index in [1.54, 1.807) is 20.8 Å². The van der Waals surface area contributed by atoms with E-state index in [1.807, 2.05) is 0 Å². The number of aromatic nitrogens is 3. The molecule has 0 aliphatic rings. The summed E-state index contributed by atoms with van der Waals surface area (Å²) in [6, 6.07) is 2.75. The van der Waals surface area contributed by atoms with E-state index in [2.05, 4.69) is 15.4 Å². The van der Waals surface area contributed by atoms with Gasteiger partial charge in [-0.2, -0.15) is 18.3 Å². The van der Waals surface area contributed by atoms with Crippen LogP contribution in [-0.4, -0.2) is 26.5 Å². The number of anilines is 1. The monoisotopic (exact) mass is 328 g/mol. The molecule has 0 aliphatic heterocycles. The molecule has 0 radical (unpaired) electrons. The van der Waals surface area contributed by atoms with Crippen molar-refractivity contribution in [1.29, 1.82) is 0 Å². The highest BCUT2D eigenvalue weighted by atomic mass is 19.4. The van der Waals surface area contributed by atoms with Crippen LogP contribution in [0.2, 0.25) is 0 Å². The first-order valence-electron chi connectivity index (χ1n) is 6.63. The van der Waals surface area contributed by atoms with Gasteiger partial charge >= 0.3 is 12.3 Å². The highest BCUT2D eigenvalue weighted by molar-refractivity contribution is 5.85. The third kappa shape index (κ3) is 4.21. The number of carbonyl (C=O) groups is 1. The molecule has 124 valence electrons. The van der Waals surface area contributed by atoms with Gasteiger partial charge in [0.2, 0.25) is 0 Å². The molecule has 2 aromatic rings. The number of carbonyl (C=O) groups excluding carboxylic acids is 1. The Balaban J connectivity index is 2.38. The number of hydrogen-bond acceptors (Lipinski definition) is 4. The van der Waals surface area contributed by atoms with Crippen molar-refractivity contribution < 1.29 is 22.7 Å². The highest BCUT2D eigenvalue weighted by Crippen LogP contribution is 2.36. The summed E-state index contributed by atoms with van der Waals surface area (Å²) in [6.45, 7) is 4.83. The van der Waals surface area contributed by atoms with Crippen molar-refractivity contribution in [2.75, 3.05) is 5.32 Å². The van der Waals surface area contributed by atoms with Gasteiger partial charge in [-0.15, -0.1) is 0 Å². The number of amides is 1. The topological polar surface area (TPSA) is 69.0 Å². The van der Waals surface area contributed by atoms with Crippen LogP contribution < -0.4 is 5.32 Å². The maximum atomic E-state index is 13.3. The zero-order valence-corrected chi connectivity index (χ0v) is 12.7. The molecular formula is C14H15F3N4O2. The van der Waals surface area contributed by atoms with Crippen molar-refractivity contribution in [3.05, 3.63) is 36.4 Å². The van der Waals surface area contributed by atoms with Crippen molar-refractivity contribution in [3.63, 3.8) is 0 Å². The molecule has 0 atom stereocenters. The first-order valence-corrected chi connectivity index (χ1v) is 6.63. The molecule has 0 fully saturated rings. The SMILES string of the molecule is CC(C)(C)OC(=O)Nc1cnn(-c2ccncc2)c1C(F)(F)F. The Morgan fingerprint density at radius 1 is 1.22 bits per heavy atom. The third-order valence-electron chi connectivity index (χ3n) is 2.58. The minimum Gasteiger partial charge on any atom is -0.444 e. The van der Waals surface area contributed by atoms with E-state index in [9.17, 15) is 18.0 Å². The summed E-state index contributed by atoms with van der Waals surface area (Å²) in [4.78, 5) is 15.5. The van der Waals surface area contributed by atoms with E-state index >= 15 is 0 Å². The molecule has 2 rings (SSSR count). The molecule has 2 aromatic heterocycles. The Hall–Kier alpha value is -2.58. The molecule has 23 heavy (non-hydrogen) atoms. The van der Waals surface area contributed by atoms with Crippen LogP contribution in [0.3, 0.4) is 0 Å². The summed E-state index contributed by atoms with van der Waals surface area (Å²) >= 11 is 0. The predicted molar refractivity (Wildman–Crippen MR) is 76.2 cm³/mol. The fraction of sp³-hybridized carbons (Fsp3) is 0.357. The summed E-state index contributed by atoms with van der Waals surface area (Å²) in [5.41, 5.74) is -2.24. The predicted octanol–water partition coefficient (Wildman–Crippen LogP) is 3.63. The number of halogens is 3. The van der Waals surface area contributed by atoms with Gasteiger partial charge in [-0.3, -0.25) is 10.3 Å². The lowest BCUT2D eigenvalue weighted by atomic mass is 10.2. The van der Waals surface area contributed by atoms with E-state index in [1.165, 1.54) is 24.5 Å². The van der Waals surface area contributed by atoms with Crippen molar-refractivity contribution in [2.24, 2.45) is 0 Å². The van der Waals surface area contributed by atoms with Gasteiger partial charge in [0.1, 0.15) is 5.60 Å². The number of ether oxygens (including phenoxy) is 1. The van der Waals surface area contributed by atoms with E-state index in [0.717, 1.165) is 6.20 Å². The van der Waals surface area contributed by atoms with Crippen molar-refractivity contribution in [3.8, 4) is 5.69 Å². The van der Waals surface area contributed by atoms with Gasteiger partial charge < -0.3 is 4.74 Å². The minimum absolute atomic E-state index is 0.171. The molecule has 0 bridgehead atoms. The molecule has 1 amide bonds. The summed E-state index contributed by atoms with van der Waals surface area (Å²) in [7, 11) is 0. The summed E-state index contributed by atoms with van der Waals surface area (Å²) in [6.07, 6.45) is -2.09. The maximum Gasteiger partial charge on any atom is 0.435 e. The first kappa shape index (κ1) is 16.8. The normalized spacial score (nSPS) is 12.1. The number of hydrogen-bond donors (Lipinski definition) is 1. The Morgan fingerprint density at radius 2 is 1.83 bits per heavy atom. The van der Waals surface area contributed by atoms with Gasteiger partial charge in [0, 0.05) is 12.4 Å². The lowest BCUT2D eigenvalue weighted by molar-refractivity contribution is -0.142. The number of nitrogens with zero attached hydrogens (tertiary/aromatic N) is 3. The Labute approximate surface area is 130 Å². The van der Waals surface area contributed by atoms with Crippen LogP contribution >= 0.6 is 0 Å². The fourth-order valence-electron chi connectivity index (χ4n) is 1.81. The third-order valence-corrected chi connectivity index (χ3v) is 2.58.